The van der Waals surface area contributed by atoms with E-state index in [1.54, 1.807) is 0 Å². The first-order valence-electron chi connectivity index (χ1n) is 14.7. The van der Waals surface area contributed by atoms with E-state index >= 15 is 0 Å². The number of hydrogen-bond acceptors (Lipinski definition) is 7. The van der Waals surface area contributed by atoms with Gasteiger partial charge in [-0.3, -0.25) is 9.88 Å². The molecule has 2 aromatic carbocycles. The van der Waals surface area contributed by atoms with Crippen molar-refractivity contribution in [1.29, 1.82) is 5.26 Å². The van der Waals surface area contributed by atoms with Gasteiger partial charge in [0.15, 0.2) is 0 Å². The van der Waals surface area contributed by atoms with Crippen LogP contribution >= 0.6 is 0 Å². The lowest BCUT2D eigenvalue weighted by molar-refractivity contribution is 0.111. The number of halogens is 1. The summed E-state index contributed by atoms with van der Waals surface area (Å²) >= 11 is 0. The minimum atomic E-state index is -0.798. The van der Waals surface area contributed by atoms with E-state index in [9.17, 15) is 9.65 Å². The number of anilines is 1. The molecule has 3 aliphatic heterocycles. The van der Waals surface area contributed by atoms with E-state index in [1.807, 2.05) is 12.3 Å². The van der Waals surface area contributed by atoms with Gasteiger partial charge < -0.3 is 15.0 Å². The van der Waals surface area contributed by atoms with Crippen LogP contribution in [-0.2, 0) is 0 Å². The molecule has 3 saturated heterocycles. The summed E-state index contributed by atoms with van der Waals surface area (Å²) in [4.78, 5) is 14.5. The van der Waals surface area contributed by atoms with Gasteiger partial charge in [0.1, 0.15) is 18.3 Å². The van der Waals surface area contributed by atoms with Crippen LogP contribution in [0.15, 0.2) is 54.7 Å². The molecule has 0 aliphatic carbocycles. The number of ether oxygens (including phenoxy) is 1. The highest BCUT2D eigenvalue weighted by Gasteiger charge is 2.49. The third-order valence-electron chi connectivity index (χ3n) is 9.21. The Morgan fingerprint density at radius 1 is 1.17 bits per heavy atom. The van der Waals surface area contributed by atoms with E-state index in [4.69, 9.17) is 14.7 Å². The minimum Gasteiger partial charge on any atom is -0.476 e. The molecule has 2 aromatic heterocycles. The first-order chi connectivity index (χ1) is 20.0. The molecule has 3 fully saturated rings. The molecule has 3 aliphatic rings. The minimum absolute atomic E-state index is 0.0881. The first-order valence-corrected chi connectivity index (χ1v) is 14.7. The van der Waals surface area contributed by atoms with Crippen LogP contribution in [0.1, 0.15) is 31.2 Å². The lowest BCUT2D eigenvalue weighted by atomic mass is 9.95. The maximum absolute atomic E-state index is 14.4. The molecular weight excluding hydrogens is 515 g/mol. The van der Waals surface area contributed by atoms with Crippen molar-refractivity contribution in [3.8, 4) is 23.1 Å². The van der Waals surface area contributed by atoms with Gasteiger partial charge in [-0.1, -0.05) is 36.4 Å². The SMILES string of the molecule is Cc1cccc2cccc(-c3cnc4c(N5CCN[C@@H](CC#N)C5)cc(OC[C@@]56CCCN5C[C@H](F)C6)nc4c3)c12. The Morgan fingerprint density at radius 3 is 2.93 bits per heavy atom. The van der Waals surface area contributed by atoms with E-state index in [0.717, 1.165) is 60.3 Å². The average molecular weight is 551 g/mol. The molecule has 0 radical (unpaired) electrons. The molecule has 0 spiro atoms. The van der Waals surface area contributed by atoms with Crippen LogP contribution in [-0.4, -0.2) is 72.0 Å². The van der Waals surface area contributed by atoms with E-state index in [2.05, 4.69) is 70.6 Å². The van der Waals surface area contributed by atoms with E-state index in [1.165, 1.54) is 16.3 Å². The monoisotopic (exact) mass is 550 g/mol. The molecule has 0 amide bonds. The van der Waals surface area contributed by atoms with E-state index < -0.39 is 6.17 Å². The number of benzene rings is 2. The number of rotatable bonds is 6. The zero-order chi connectivity index (χ0) is 28.0. The number of nitriles is 1. The second-order valence-corrected chi connectivity index (χ2v) is 11.9. The number of hydrogen-bond donors (Lipinski definition) is 1. The lowest BCUT2D eigenvalue weighted by Gasteiger charge is -2.35. The lowest BCUT2D eigenvalue weighted by Crippen LogP contribution is -2.50. The van der Waals surface area contributed by atoms with Crippen molar-refractivity contribution in [2.24, 2.45) is 0 Å². The molecule has 0 unspecified atom stereocenters. The third-order valence-corrected chi connectivity index (χ3v) is 9.21. The molecule has 1 N–H and O–H groups in total. The van der Waals surface area contributed by atoms with Gasteiger partial charge in [-0.25, -0.2) is 9.37 Å². The zero-order valence-corrected chi connectivity index (χ0v) is 23.4. The fourth-order valence-corrected chi connectivity index (χ4v) is 7.25. The van der Waals surface area contributed by atoms with Gasteiger partial charge in [-0.15, -0.1) is 0 Å². The maximum atomic E-state index is 14.4. The van der Waals surface area contributed by atoms with Crippen LogP contribution in [0.4, 0.5) is 10.1 Å². The second kappa shape index (κ2) is 10.6. The summed E-state index contributed by atoms with van der Waals surface area (Å²) in [6, 6.07) is 19.2. The van der Waals surface area contributed by atoms with Gasteiger partial charge in [0.25, 0.3) is 0 Å². The largest absolute Gasteiger partial charge is 0.476 e. The van der Waals surface area contributed by atoms with Gasteiger partial charge in [0.2, 0.25) is 5.88 Å². The number of aryl methyl sites for hydroxylation is 1. The van der Waals surface area contributed by atoms with Gasteiger partial charge in [0.05, 0.1) is 29.2 Å². The van der Waals surface area contributed by atoms with Gasteiger partial charge in [0, 0.05) is 56.5 Å². The van der Waals surface area contributed by atoms with Crippen molar-refractivity contribution in [3.05, 3.63) is 60.3 Å². The summed E-state index contributed by atoms with van der Waals surface area (Å²) in [6.07, 6.45) is 4.14. The van der Waals surface area contributed by atoms with Crippen molar-refractivity contribution in [2.75, 3.05) is 44.2 Å². The highest BCUT2D eigenvalue weighted by molar-refractivity contribution is 6.00. The molecule has 4 aromatic rings. The van der Waals surface area contributed by atoms with E-state index in [0.29, 0.717) is 38.4 Å². The highest BCUT2D eigenvalue weighted by atomic mass is 19.1. The van der Waals surface area contributed by atoms with Crippen LogP contribution in [0.2, 0.25) is 0 Å². The number of alkyl halides is 1. The van der Waals surface area contributed by atoms with E-state index in [-0.39, 0.29) is 11.6 Å². The molecular formula is C33H35FN6O. The smallest absolute Gasteiger partial charge is 0.216 e. The normalized spacial score (nSPS) is 24.6. The Hall–Kier alpha value is -3.80. The summed E-state index contributed by atoms with van der Waals surface area (Å²) in [5.74, 6) is 0.541. The predicted molar refractivity (Wildman–Crippen MR) is 160 cm³/mol. The Bertz CT molecular complexity index is 1650. The second-order valence-electron chi connectivity index (χ2n) is 11.9. The van der Waals surface area contributed by atoms with Crippen molar-refractivity contribution < 1.29 is 9.13 Å². The molecule has 7 nitrogen and oxygen atoms in total. The molecule has 8 heteroatoms. The topological polar surface area (TPSA) is 77.3 Å². The quantitative estimate of drug-likeness (QED) is 0.344. The number of fused-ring (bicyclic) bond motifs is 3. The van der Waals surface area contributed by atoms with Crippen molar-refractivity contribution in [1.82, 2.24) is 20.2 Å². The van der Waals surface area contributed by atoms with Gasteiger partial charge in [-0.05, 0) is 54.3 Å². The molecule has 0 saturated carbocycles. The first kappa shape index (κ1) is 26.1. The highest BCUT2D eigenvalue weighted by Crippen LogP contribution is 2.41. The van der Waals surface area contributed by atoms with Crippen molar-refractivity contribution in [2.45, 2.75) is 50.4 Å². The van der Waals surface area contributed by atoms with Crippen molar-refractivity contribution in [3.63, 3.8) is 0 Å². The van der Waals surface area contributed by atoms with Crippen LogP contribution in [0, 0.1) is 18.3 Å². The fraction of sp³-hybridized carbons (Fsp3) is 0.424. The van der Waals surface area contributed by atoms with Crippen LogP contribution < -0.4 is 15.0 Å². The average Bonchev–Trinajstić information content (AvgIpc) is 3.51. The van der Waals surface area contributed by atoms with Crippen LogP contribution in [0.3, 0.4) is 0 Å². The Morgan fingerprint density at radius 2 is 2.05 bits per heavy atom. The Balaban J connectivity index is 1.30. The van der Waals surface area contributed by atoms with Crippen LogP contribution in [0.5, 0.6) is 5.88 Å². The summed E-state index contributed by atoms with van der Waals surface area (Å²) in [6.45, 7) is 6.29. The summed E-state index contributed by atoms with van der Waals surface area (Å²) in [7, 11) is 0. The third kappa shape index (κ3) is 4.77. The Labute approximate surface area is 239 Å². The standard InChI is InChI=1S/C33H35FN6O/c1-22-5-2-6-23-7-3-8-27(31(22)23)24-15-28-32(37-18-24)29(39-14-12-36-26(20-39)9-11-35)16-30(38-28)41-21-33-10-4-13-40(33)19-25(34)17-33/h2-3,5-8,15-16,18,25-26,36H,4,9-10,12-14,17,19-21H2,1H3/t25-,26+,33+/m1/s1. The molecule has 41 heavy (non-hydrogen) atoms. The number of nitrogens with one attached hydrogen (secondary N) is 1. The Kier molecular flexibility index (Phi) is 6.72. The zero-order valence-electron chi connectivity index (χ0n) is 23.4. The number of piperazine rings is 1. The van der Waals surface area contributed by atoms with Gasteiger partial charge in [-0.2, -0.15) is 5.26 Å². The molecule has 5 heterocycles. The predicted octanol–water partition coefficient (Wildman–Crippen LogP) is 5.41. The fourth-order valence-electron chi connectivity index (χ4n) is 7.25. The van der Waals surface area contributed by atoms with Crippen LogP contribution in [0.25, 0.3) is 32.9 Å². The molecule has 3 atom stereocenters. The van der Waals surface area contributed by atoms with Crippen molar-refractivity contribution >= 4 is 27.5 Å². The molecule has 7 rings (SSSR count). The number of nitrogens with zero attached hydrogens (tertiary/aromatic N) is 5. The summed E-state index contributed by atoms with van der Waals surface area (Å²) in [5.41, 5.74) is 5.66. The number of pyridine rings is 2. The maximum Gasteiger partial charge on any atom is 0.216 e. The van der Waals surface area contributed by atoms with Gasteiger partial charge >= 0.3 is 0 Å². The molecule has 0 bridgehead atoms. The number of aromatic nitrogens is 2. The molecule has 210 valence electrons. The summed E-state index contributed by atoms with van der Waals surface area (Å²) < 4.78 is 20.9. The summed E-state index contributed by atoms with van der Waals surface area (Å²) in [5, 5.41) is 15.2.